The van der Waals surface area contributed by atoms with E-state index in [-0.39, 0.29) is 5.82 Å². The van der Waals surface area contributed by atoms with Crippen LogP contribution in [0.4, 0.5) is 19.0 Å². The molecular weight excluding hydrogens is 341 g/mol. The summed E-state index contributed by atoms with van der Waals surface area (Å²) in [5.74, 6) is -0.436. The summed E-state index contributed by atoms with van der Waals surface area (Å²) in [4.78, 5) is 25.5. The lowest BCUT2D eigenvalue weighted by atomic mass is 10.4. The molecule has 0 atom stereocenters. The lowest BCUT2D eigenvalue weighted by molar-refractivity contribution is -0.141. The zero-order valence-electron chi connectivity index (χ0n) is 12.9. The summed E-state index contributed by atoms with van der Waals surface area (Å²) in [7, 11) is 0. The normalized spacial score (nSPS) is 10.9. The molecule has 0 spiro atoms. The number of nitrogens with zero attached hydrogens (tertiary/aromatic N) is 5. The van der Waals surface area contributed by atoms with E-state index in [0.29, 0.717) is 24.1 Å². The number of nitrogen functional groups attached to an aromatic ring is 1. The van der Waals surface area contributed by atoms with Crippen LogP contribution in [0, 0.1) is 0 Å². The van der Waals surface area contributed by atoms with E-state index < -0.39 is 17.8 Å². The number of rotatable bonds is 2. The molecular formula is C14H13F3N6O2. The van der Waals surface area contributed by atoms with Gasteiger partial charge in [-0.2, -0.15) is 13.2 Å². The van der Waals surface area contributed by atoms with Crippen molar-refractivity contribution in [2.75, 3.05) is 12.3 Å². The van der Waals surface area contributed by atoms with Gasteiger partial charge in [0.25, 0.3) is 0 Å². The van der Waals surface area contributed by atoms with E-state index in [2.05, 4.69) is 19.9 Å². The molecule has 0 radical (unpaired) electrons. The first-order valence-corrected chi connectivity index (χ1v) is 6.91. The highest BCUT2D eigenvalue weighted by molar-refractivity contribution is 5.87. The molecule has 8 nitrogen and oxygen atoms in total. The number of aromatic nitrogens is 5. The fourth-order valence-corrected chi connectivity index (χ4v) is 1.63. The lowest BCUT2D eigenvalue weighted by Crippen LogP contribution is -2.08. The van der Waals surface area contributed by atoms with E-state index in [1.807, 2.05) is 0 Å². The van der Waals surface area contributed by atoms with Crippen molar-refractivity contribution in [3.63, 3.8) is 0 Å². The standard InChI is InChI=1S/C9H9N3O2.C5H4F3N3/c1-2-14-9(13)7-6-12-4-3-10-5-8(12)11-7;6-5(7,8)3-1-11-4(9)2-10-3/h3-6H,2H2,1H3;1-2H,(H2,9,11). The van der Waals surface area contributed by atoms with E-state index in [1.54, 1.807) is 36.1 Å². The minimum absolute atomic E-state index is 0.0296. The molecule has 2 N–H and O–H groups in total. The van der Waals surface area contributed by atoms with Crippen molar-refractivity contribution >= 4 is 17.4 Å². The van der Waals surface area contributed by atoms with Gasteiger partial charge in [0.1, 0.15) is 5.82 Å². The van der Waals surface area contributed by atoms with Crippen LogP contribution in [0.25, 0.3) is 5.65 Å². The number of alkyl halides is 3. The van der Waals surface area contributed by atoms with E-state index in [9.17, 15) is 18.0 Å². The molecule has 25 heavy (non-hydrogen) atoms. The average Bonchev–Trinajstić information content (AvgIpc) is 2.99. The summed E-state index contributed by atoms with van der Waals surface area (Å²) < 4.78 is 41.9. The van der Waals surface area contributed by atoms with Gasteiger partial charge in [0.05, 0.1) is 25.2 Å². The summed E-state index contributed by atoms with van der Waals surface area (Å²) in [5, 5.41) is 0. The van der Waals surface area contributed by atoms with E-state index in [1.165, 1.54) is 0 Å². The third kappa shape index (κ3) is 4.86. The monoisotopic (exact) mass is 354 g/mol. The number of esters is 1. The molecule has 0 bridgehead atoms. The van der Waals surface area contributed by atoms with Gasteiger partial charge in [-0.25, -0.2) is 19.7 Å². The fraction of sp³-hybridized carbons (Fsp3) is 0.214. The first kappa shape index (κ1) is 18.1. The van der Waals surface area contributed by atoms with Crippen LogP contribution in [0.3, 0.4) is 0 Å². The number of fused-ring (bicyclic) bond motifs is 1. The Balaban J connectivity index is 0.000000186. The van der Waals surface area contributed by atoms with Crippen molar-refractivity contribution in [3.05, 3.63) is 48.6 Å². The second-order valence-electron chi connectivity index (χ2n) is 4.51. The molecule has 0 saturated carbocycles. The number of nitrogens with two attached hydrogens (primary N) is 1. The fourth-order valence-electron chi connectivity index (χ4n) is 1.63. The molecule has 11 heteroatoms. The minimum atomic E-state index is -4.44. The Morgan fingerprint density at radius 1 is 1.28 bits per heavy atom. The van der Waals surface area contributed by atoms with Gasteiger partial charge >= 0.3 is 12.1 Å². The second kappa shape index (κ2) is 7.55. The molecule has 0 aliphatic heterocycles. The Morgan fingerprint density at radius 3 is 2.60 bits per heavy atom. The van der Waals surface area contributed by atoms with Crippen molar-refractivity contribution in [3.8, 4) is 0 Å². The van der Waals surface area contributed by atoms with Crippen LogP contribution in [0.1, 0.15) is 23.1 Å². The number of halogens is 3. The van der Waals surface area contributed by atoms with Crippen LogP contribution >= 0.6 is 0 Å². The molecule has 0 unspecified atom stereocenters. The topological polar surface area (TPSA) is 108 Å². The zero-order valence-corrected chi connectivity index (χ0v) is 12.9. The summed E-state index contributed by atoms with van der Waals surface area (Å²) in [6.45, 7) is 2.11. The number of hydrogen-bond acceptors (Lipinski definition) is 7. The number of hydrogen-bond donors (Lipinski definition) is 1. The quantitative estimate of drug-likeness (QED) is 0.701. The number of imidazole rings is 1. The third-order valence-corrected chi connectivity index (χ3v) is 2.71. The van der Waals surface area contributed by atoms with Crippen LogP contribution < -0.4 is 5.73 Å². The largest absolute Gasteiger partial charge is 0.461 e. The van der Waals surface area contributed by atoms with Gasteiger partial charge in [-0.15, -0.1) is 0 Å². The van der Waals surface area contributed by atoms with Crippen LogP contribution in [-0.2, 0) is 10.9 Å². The molecule has 0 fully saturated rings. The molecule has 0 aromatic carbocycles. The third-order valence-electron chi connectivity index (χ3n) is 2.71. The van der Waals surface area contributed by atoms with Crippen molar-refractivity contribution in [2.24, 2.45) is 0 Å². The van der Waals surface area contributed by atoms with Crippen molar-refractivity contribution in [1.82, 2.24) is 24.3 Å². The Labute approximate surface area is 139 Å². The molecule has 3 rings (SSSR count). The summed E-state index contributed by atoms with van der Waals surface area (Å²) in [5.41, 5.74) is 4.93. The molecule has 132 valence electrons. The number of ether oxygens (including phenoxy) is 1. The SMILES string of the molecule is CCOC(=O)c1cn2ccncc2n1.Nc1cnc(C(F)(F)F)cn1. The Bertz CT molecular complexity index is 815. The van der Waals surface area contributed by atoms with Gasteiger partial charge < -0.3 is 14.9 Å². The van der Waals surface area contributed by atoms with Crippen LogP contribution in [0.15, 0.2) is 37.2 Å². The Morgan fingerprint density at radius 2 is 2.04 bits per heavy atom. The predicted octanol–water partition coefficient (Wildman–Crippen LogP) is 1.98. The lowest BCUT2D eigenvalue weighted by Gasteiger charge is -2.03. The summed E-state index contributed by atoms with van der Waals surface area (Å²) in [6, 6.07) is 0. The first-order chi connectivity index (χ1) is 11.8. The number of anilines is 1. The smallest absolute Gasteiger partial charge is 0.434 e. The summed E-state index contributed by atoms with van der Waals surface area (Å²) in [6.07, 6.45) is 3.57. The van der Waals surface area contributed by atoms with Gasteiger partial charge in [-0.3, -0.25) is 4.98 Å². The molecule has 3 heterocycles. The predicted molar refractivity (Wildman–Crippen MR) is 80.4 cm³/mol. The number of carbonyl (C=O) groups excluding carboxylic acids is 1. The van der Waals surface area contributed by atoms with Gasteiger partial charge in [0.15, 0.2) is 17.0 Å². The maximum atomic E-state index is 11.8. The molecule has 0 aliphatic rings. The molecule has 3 aromatic rings. The van der Waals surface area contributed by atoms with Crippen LogP contribution in [0.5, 0.6) is 0 Å². The Hall–Kier alpha value is -3.24. The molecule has 3 aromatic heterocycles. The number of carbonyl (C=O) groups is 1. The van der Waals surface area contributed by atoms with Gasteiger partial charge in [0.2, 0.25) is 0 Å². The highest BCUT2D eigenvalue weighted by Crippen LogP contribution is 2.26. The second-order valence-corrected chi connectivity index (χ2v) is 4.51. The van der Waals surface area contributed by atoms with Crippen LogP contribution in [0.2, 0.25) is 0 Å². The van der Waals surface area contributed by atoms with E-state index in [0.717, 1.165) is 6.20 Å². The molecule has 0 aliphatic carbocycles. The van der Waals surface area contributed by atoms with Crippen LogP contribution in [-0.4, -0.2) is 36.9 Å². The Kier molecular flexibility index (Phi) is 5.47. The highest BCUT2D eigenvalue weighted by atomic mass is 19.4. The van der Waals surface area contributed by atoms with Crippen molar-refractivity contribution in [1.29, 1.82) is 0 Å². The maximum absolute atomic E-state index is 11.8. The summed E-state index contributed by atoms with van der Waals surface area (Å²) >= 11 is 0. The molecule has 0 amide bonds. The van der Waals surface area contributed by atoms with Crippen molar-refractivity contribution < 1.29 is 22.7 Å². The molecule has 0 saturated heterocycles. The van der Waals surface area contributed by atoms with Gasteiger partial charge in [-0.1, -0.05) is 0 Å². The maximum Gasteiger partial charge on any atom is 0.434 e. The van der Waals surface area contributed by atoms with E-state index >= 15 is 0 Å². The minimum Gasteiger partial charge on any atom is -0.461 e. The van der Waals surface area contributed by atoms with Gasteiger partial charge in [0, 0.05) is 18.6 Å². The van der Waals surface area contributed by atoms with Crippen molar-refractivity contribution in [2.45, 2.75) is 13.1 Å². The van der Waals surface area contributed by atoms with E-state index in [4.69, 9.17) is 10.5 Å². The van der Waals surface area contributed by atoms with Gasteiger partial charge in [-0.05, 0) is 6.92 Å². The highest BCUT2D eigenvalue weighted by Gasteiger charge is 2.32. The first-order valence-electron chi connectivity index (χ1n) is 6.91. The average molecular weight is 354 g/mol. The zero-order chi connectivity index (χ0) is 18.4.